The van der Waals surface area contributed by atoms with Crippen LogP contribution >= 0.6 is 15.9 Å². The topological polar surface area (TPSA) is 63.8 Å². The highest BCUT2D eigenvalue weighted by molar-refractivity contribution is 9.10. The molecular formula is C14H17BrN4. The second-order valence-corrected chi connectivity index (χ2v) is 6.23. The van der Waals surface area contributed by atoms with Crippen molar-refractivity contribution in [1.82, 2.24) is 9.97 Å². The van der Waals surface area contributed by atoms with Gasteiger partial charge in [-0.2, -0.15) is 4.98 Å². The van der Waals surface area contributed by atoms with Crippen molar-refractivity contribution in [3.05, 3.63) is 40.5 Å². The maximum atomic E-state index is 5.58. The lowest BCUT2D eigenvalue weighted by Crippen LogP contribution is -2.10. The molecule has 0 amide bonds. The molecule has 0 radical (unpaired) electrons. The molecule has 19 heavy (non-hydrogen) atoms. The highest BCUT2D eigenvalue weighted by Gasteiger charge is 2.13. The zero-order valence-corrected chi connectivity index (χ0v) is 12.8. The van der Waals surface area contributed by atoms with Crippen LogP contribution in [0, 0.1) is 0 Å². The fraction of sp³-hybridized carbons (Fsp3) is 0.286. The number of benzene rings is 1. The molecule has 0 saturated carbocycles. The summed E-state index contributed by atoms with van der Waals surface area (Å²) in [7, 11) is 0. The van der Waals surface area contributed by atoms with E-state index in [1.54, 1.807) is 6.20 Å². The van der Waals surface area contributed by atoms with Crippen LogP contribution in [0.3, 0.4) is 0 Å². The predicted molar refractivity (Wildman–Crippen MR) is 82.6 cm³/mol. The van der Waals surface area contributed by atoms with Crippen molar-refractivity contribution in [2.75, 3.05) is 11.1 Å². The van der Waals surface area contributed by atoms with Gasteiger partial charge in [-0.3, -0.25) is 0 Å². The highest BCUT2D eigenvalue weighted by Crippen LogP contribution is 2.26. The Labute approximate surface area is 121 Å². The quantitative estimate of drug-likeness (QED) is 0.881. The number of aromatic nitrogens is 2. The summed E-state index contributed by atoms with van der Waals surface area (Å²) in [5.74, 6) is 0.910. The smallest absolute Gasteiger partial charge is 0.222 e. The van der Waals surface area contributed by atoms with E-state index in [4.69, 9.17) is 5.73 Å². The van der Waals surface area contributed by atoms with Gasteiger partial charge in [0.15, 0.2) is 0 Å². The SMILES string of the molecule is CC(C)(C)c1ccc(Nc2nc(N)ncc2Br)cc1. The van der Waals surface area contributed by atoms with Crippen LogP contribution in [0.5, 0.6) is 0 Å². The van der Waals surface area contributed by atoms with Crippen LogP contribution in [0.4, 0.5) is 17.5 Å². The molecule has 0 unspecified atom stereocenters. The average molecular weight is 321 g/mol. The van der Waals surface area contributed by atoms with Crippen molar-refractivity contribution in [2.45, 2.75) is 26.2 Å². The molecule has 3 N–H and O–H groups in total. The molecule has 0 aliphatic rings. The minimum absolute atomic E-state index is 0.151. The Hall–Kier alpha value is -1.62. The van der Waals surface area contributed by atoms with E-state index in [1.807, 2.05) is 12.1 Å². The zero-order chi connectivity index (χ0) is 14.0. The van der Waals surface area contributed by atoms with Crippen LogP contribution in [0.2, 0.25) is 0 Å². The largest absolute Gasteiger partial charge is 0.368 e. The summed E-state index contributed by atoms with van der Waals surface area (Å²) in [4.78, 5) is 8.06. The van der Waals surface area contributed by atoms with E-state index in [1.165, 1.54) is 5.56 Å². The lowest BCUT2D eigenvalue weighted by atomic mass is 9.87. The van der Waals surface area contributed by atoms with Crippen molar-refractivity contribution in [3.8, 4) is 0 Å². The van der Waals surface area contributed by atoms with Crippen molar-refractivity contribution in [3.63, 3.8) is 0 Å². The van der Waals surface area contributed by atoms with Crippen molar-refractivity contribution in [1.29, 1.82) is 0 Å². The molecule has 0 bridgehead atoms. The maximum Gasteiger partial charge on any atom is 0.222 e. The van der Waals surface area contributed by atoms with Crippen molar-refractivity contribution < 1.29 is 0 Å². The first-order valence-corrected chi connectivity index (χ1v) is 6.81. The lowest BCUT2D eigenvalue weighted by molar-refractivity contribution is 0.590. The summed E-state index contributed by atoms with van der Waals surface area (Å²) in [5.41, 5.74) is 7.99. The van der Waals surface area contributed by atoms with Gasteiger partial charge in [0.1, 0.15) is 5.82 Å². The number of nitrogen functional groups attached to an aromatic ring is 1. The van der Waals surface area contributed by atoms with Gasteiger partial charge in [-0.1, -0.05) is 32.9 Å². The molecule has 1 aromatic heterocycles. The summed E-state index contributed by atoms with van der Waals surface area (Å²) < 4.78 is 0.779. The first kappa shape index (κ1) is 13.8. The number of halogens is 1. The summed E-state index contributed by atoms with van der Waals surface area (Å²) in [6, 6.07) is 8.29. The van der Waals surface area contributed by atoms with Crippen LogP contribution in [0.1, 0.15) is 26.3 Å². The van der Waals surface area contributed by atoms with Gasteiger partial charge in [-0.25, -0.2) is 4.98 Å². The normalized spacial score (nSPS) is 11.4. The van der Waals surface area contributed by atoms with Gasteiger partial charge in [0.25, 0.3) is 0 Å². The van der Waals surface area contributed by atoms with Crippen LogP contribution in [-0.2, 0) is 5.41 Å². The van der Waals surface area contributed by atoms with Crippen LogP contribution < -0.4 is 11.1 Å². The first-order valence-electron chi connectivity index (χ1n) is 6.02. The molecule has 0 aliphatic heterocycles. The number of rotatable bonds is 2. The van der Waals surface area contributed by atoms with E-state index in [-0.39, 0.29) is 11.4 Å². The molecule has 2 rings (SSSR count). The third-order valence-electron chi connectivity index (χ3n) is 2.78. The molecule has 2 aromatic rings. The van der Waals surface area contributed by atoms with Crippen LogP contribution in [-0.4, -0.2) is 9.97 Å². The standard InChI is InChI=1S/C14H17BrN4/c1-14(2,3)9-4-6-10(7-5-9)18-12-11(15)8-17-13(16)19-12/h4-8H,1-3H3,(H3,16,17,18,19). The van der Waals surface area contributed by atoms with E-state index >= 15 is 0 Å². The number of nitrogens with one attached hydrogen (secondary N) is 1. The summed E-state index contributed by atoms with van der Waals surface area (Å²) in [6.07, 6.45) is 1.63. The molecular weight excluding hydrogens is 304 g/mol. The Kier molecular flexibility index (Phi) is 3.75. The van der Waals surface area contributed by atoms with Gasteiger partial charge in [0.2, 0.25) is 5.95 Å². The van der Waals surface area contributed by atoms with Gasteiger partial charge in [-0.15, -0.1) is 0 Å². The fourth-order valence-electron chi connectivity index (χ4n) is 1.66. The number of hydrogen-bond donors (Lipinski definition) is 2. The third-order valence-corrected chi connectivity index (χ3v) is 3.36. The maximum absolute atomic E-state index is 5.58. The summed E-state index contributed by atoms with van der Waals surface area (Å²) in [6.45, 7) is 6.57. The van der Waals surface area contributed by atoms with E-state index in [0.29, 0.717) is 5.82 Å². The number of nitrogens with zero attached hydrogens (tertiary/aromatic N) is 2. The Morgan fingerprint density at radius 3 is 2.37 bits per heavy atom. The number of nitrogens with two attached hydrogens (primary N) is 1. The number of anilines is 3. The van der Waals surface area contributed by atoms with Gasteiger partial charge >= 0.3 is 0 Å². The first-order chi connectivity index (χ1) is 8.86. The molecule has 0 spiro atoms. The minimum Gasteiger partial charge on any atom is -0.368 e. The molecule has 0 atom stereocenters. The monoisotopic (exact) mass is 320 g/mol. The summed E-state index contributed by atoms with van der Waals surface area (Å²) in [5, 5.41) is 3.21. The molecule has 1 aromatic carbocycles. The van der Waals surface area contributed by atoms with Crippen LogP contribution in [0.25, 0.3) is 0 Å². The van der Waals surface area contributed by atoms with Crippen molar-refractivity contribution >= 4 is 33.4 Å². The predicted octanol–water partition coefficient (Wildman–Crippen LogP) is 3.86. The average Bonchev–Trinajstić information content (AvgIpc) is 2.33. The highest BCUT2D eigenvalue weighted by atomic mass is 79.9. The van der Waals surface area contributed by atoms with Gasteiger partial charge < -0.3 is 11.1 Å². The van der Waals surface area contributed by atoms with E-state index < -0.39 is 0 Å². The Bertz CT molecular complexity index is 573. The molecule has 4 nitrogen and oxygen atoms in total. The fourth-order valence-corrected chi connectivity index (χ4v) is 1.95. The molecule has 5 heteroatoms. The Balaban J connectivity index is 2.22. The van der Waals surface area contributed by atoms with E-state index in [0.717, 1.165) is 10.2 Å². The van der Waals surface area contributed by atoms with Gasteiger partial charge in [0, 0.05) is 11.9 Å². The lowest BCUT2D eigenvalue weighted by Gasteiger charge is -2.19. The second-order valence-electron chi connectivity index (χ2n) is 5.38. The Morgan fingerprint density at radius 1 is 1.16 bits per heavy atom. The van der Waals surface area contributed by atoms with E-state index in [9.17, 15) is 0 Å². The third kappa shape index (κ3) is 3.44. The molecule has 0 aliphatic carbocycles. The zero-order valence-electron chi connectivity index (χ0n) is 11.2. The number of hydrogen-bond acceptors (Lipinski definition) is 4. The molecule has 0 fully saturated rings. The minimum atomic E-state index is 0.151. The molecule has 100 valence electrons. The second kappa shape index (κ2) is 5.17. The van der Waals surface area contributed by atoms with Crippen molar-refractivity contribution in [2.24, 2.45) is 0 Å². The van der Waals surface area contributed by atoms with E-state index in [2.05, 4.69) is 64.1 Å². The summed E-state index contributed by atoms with van der Waals surface area (Å²) >= 11 is 3.39. The van der Waals surface area contributed by atoms with Crippen LogP contribution in [0.15, 0.2) is 34.9 Å². The molecule has 1 heterocycles. The Morgan fingerprint density at radius 2 is 1.79 bits per heavy atom. The van der Waals surface area contributed by atoms with Gasteiger partial charge in [0.05, 0.1) is 4.47 Å². The molecule has 0 saturated heterocycles. The van der Waals surface area contributed by atoms with Gasteiger partial charge in [-0.05, 0) is 39.0 Å².